The normalized spacial score (nSPS) is 14.6. The van der Waals surface area contributed by atoms with Gasteiger partial charge in [0.05, 0.1) is 28.1 Å². The number of benzene rings is 1. The molecule has 4 rings (SSSR count). The van der Waals surface area contributed by atoms with Crippen LogP contribution in [0.5, 0.6) is 11.5 Å². The molecule has 1 saturated heterocycles. The molecule has 0 radical (unpaired) electrons. The number of hydrogen-bond donors (Lipinski definition) is 0. The van der Waals surface area contributed by atoms with Crippen molar-refractivity contribution in [2.45, 2.75) is 106 Å². The number of ether oxygens (including phenoxy) is 4. The Morgan fingerprint density at radius 1 is 0.698 bits per heavy atom. The maximum Gasteiger partial charge on any atom is 0.350 e. The zero-order valence-electron chi connectivity index (χ0n) is 30.2. The monoisotopic (exact) mass is 803 g/mol. The van der Waals surface area contributed by atoms with E-state index < -0.39 is 35.7 Å². The fourth-order valence-electron chi connectivity index (χ4n) is 4.97. The number of nitrogens with zero attached hydrogens (tertiary/aromatic N) is 3. The Morgan fingerprint density at radius 2 is 1.13 bits per heavy atom. The zero-order chi connectivity index (χ0) is 38.8. The summed E-state index contributed by atoms with van der Waals surface area (Å²) in [4.78, 5) is 80.0. The van der Waals surface area contributed by atoms with Crippen LogP contribution in [0.4, 0.5) is 0 Å². The van der Waals surface area contributed by atoms with Crippen LogP contribution in [0.25, 0.3) is 0 Å². The van der Waals surface area contributed by atoms with Gasteiger partial charge in [-0.2, -0.15) is 5.26 Å². The van der Waals surface area contributed by atoms with Gasteiger partial charge < -0.3 is 18.9 Å². The molecule has 53 heavy (non-hydrogen) atoms. The molecule has 3 aliphatic rings. The molecule has 0 bridgehead atoms. The molecule has 2 amide bonds. The average Bonchev–Trinajstić information content (AvgIpc) is 3.81. The second kappa shape index (κ2) is 19.5. The fraction of sp³-hybridized carbons (Fsp3) is 0.472. The number of unbranched alkanes of at least 4 members (excludes halogenated alkanes) is 2. The van der Waals surface area contributed by atoms with Gasteiger partial charge in [0.15, 0.2) is 17.1 Å². The van der Waals surface area contributed by atoms with E-state index in [9.17, 15) is 34.0 Å². The van der Waals surface area contributed by atoms with E-state index in [0.717, 1.165) is 59.9 Å². The van der Waals surface area contributed by atoms with Crippen molar-refractivity contribution in [1.29, 1.82) is 5.26 Å². The highest BCUT2D eigenvalue weighted by Crippen LogP contribution is 2.68. The number of amides is 2. The molecule has 13 nitrogen and oxygen atoms in total. The molecular formula is C36H41N3O10S4. The smallest absolute Gasteiger partial charge is 0.350 e. The third-order valence-electron chi connectivity index (χ3n) is 7.61. The standard InChI is InChI=1S/C36H41N3O10S4/c1-7-11-15-38-31(42)24(32(43)39(38)16-12-8-2)36-52-29-25(48-22(40)13-9-3)27-28(26(30(29)53-36)49-23(41)14-10-4)51-35(50-27)21(19-37)34(45)47-18-17-46-33(44)20(5)6/h5,7-18H2,1-4,6H3. The second-order valence-electron chi connectivity index (χ2n) is 11.9. The molecule has 3 heterocycles. The molecule has 3 aliphatic heterocycles. The Balaban J connectivity index is 1.82. The van der Waals surface area contributed by atoms with Gasteiger partial charge in [0.25, 0.3) is 11.8 Å². The van der Waals surface area contributed by atoms with Crippen LogP contribution in [0.3, 0.4) is 0 Å². The maximum atomic E-state index is 13.9. The molecular weight excluding hydrogens is 763 g/mol. The predicted octanol–water partition coefficient (Wildman–Crippen LogP) is 7.29. The molecule has 0 atom stereocenters. The number of hydrogen-bond acceptors (Lipinski definition) is 15. The van der Waals surface area contributed by atoms with Crippen LogP contribution in [-0.4, -0.2) is 72.0 Å². The number of carbonyl (C=O) groups is 6. The molecule has 1 aromatic rings. The lowest BCUT2D eigenvalue weighted by Crippen LogP contribution is -2.42. The van der Waals surface area contributed by atoms with Crippen LogP contribution >= 0.6 is 47.0 Å². The molecule has 0 aromatic heterocycles. The van der Waals surface area contributed by atoms with Crippen molar-refractivity contribution in [1.82, 2.24) is 10.0 Å². The molecule has 0 spiro atoms. The third kappa shape index (κ3) is 9.64. The zero-order valence-corrected chi connectivity index (χ0v) is 33.5. The van der Waals surface area contributed by atoms with E-state index in [0.29, 0.717) is 62.6 Å². The minimum atomic E-state index is -0.974. The highest BCUT2D eigenvalue weighted by molar-refractivity contribution is 8.26. The number of carbonyl (C=O) groups excluding carboxylic acids is 6. The number of fused-ring (bicyclic) bond motifs is 2. The number of rotatable bonds is 17. The topological polar surface area (TPSA) is 170 Å². The predicted molar refractivity (Wildman–Crippen MR) is 201 cm³/mol. The first kappa shape index (κ1) is 41.9. The molecule has 1 aromatic carbocycles. The molecule has 17 heteroatoms. The lowest BCUT2D eigenvalue weighted by molar-refractivity contribution is -0.147. The van der Waals surface area contributed by atoms with E-state index in [1.807, 2.05) is 33.8 Å². The summed E-state index contributed by atoms with van der Waals surface area (Å²) in [6, 6.07) is 1.88. The van der Waals surface area contributed by atoms with Crippen molar-refractivity contribution >= 4 is 82.7 Å². The lowest BCUT2D eigenvalue weighted by atomic mass is 10.3. The summed E-state index contributed by atoms with van der Waals surface area (Å²) in [6.07, 6.45) is 4.23. The number of thioether (sulfide) groups is 4. The van der Waals surface area contributed by atoms with Crippen molar-refractivity contribution in [2.24, 2.45) is 0 Å². The third-order valence-corrected chi connectivity index (χ3v) is 12.8. The van der Waals surface area contributed by atoms with Crippen molar-refractivity contribution in [2.75, 3.05) is 26.3 Å². The van der Waals surface area contributed by atoms with Crippen LogP contribution in [0.1, 0.15) is 86.0 Å². The summed E-state index contributed by atoms with van der Waals surface area (Å²) in [7, 11) is 0. The van der Waals surface area contributed by atoms with Gasteiger partial charge in [0, 0.05) is 31.5 Å². The number of hydrazine groups is 1. The Bertz CT molecular complexity index is 1730. The summed E-state index contributed by atoms with van der Waals surface area (Å²) in [5.74, 6) is -3.37. The first-order valence-corrected chi connectivity index (χ1v) is 20.6. The van der Waals surface area contributed by atoms with E-state index in [2.05, 4.69) is 6.58 Å². The van der Waals surface area contributed by atoms with Gasteiger partial charge in [0.1, 0.15) is 24.9 Å². The largest absolute Gasteiger partial charge is 0.459 e. The van der Waals surface area contributed by atoms with E-state index in [-0.39, 0.29) is 58.5 Å². The fourth-order valence-corrected chi connectivity index (χ4v) is 10.4. The van der Waals surface area contributed by atoms with Crippen molar-refractivity contribution in [3.8, 4) is 17.6 Å². The summed E-state index contributed by atoms with van der Waals surface area (Å²) in [5, 5.41) is 13.0. The van der Waals surface area contributed by atoms with E-state index >= 15 is 0 Å². The van der Waals surface area contributed by atoms with Crippen molar-refractivity contribution in [3.05, 3.63) is 31.8 Å². The quantitative estimate of drug-likeness (QED) is 0.0384. The first-order valence-electron chi connectivity index (χ1n) is 17.3. The van der Waals surface area contributed by atoms with Crippen LogP contribution < -0.4 is 9.47 Å². The van der Waals surface area contributed by atoms with Gasteiger partial charge in [-0.05, 0) is 32.6 Å². The Hall–Kier alpha value is -3.85. The van der Waals surface area contributed by atoms with Gasteiger partial charge in [-0.3, -0.25) is 19.2 Å². The minimum absolute atomic E-state index is 0.00966. The average molecular weight is 804 g/mol. The lowest BCUT2D eigenvalue weighted by Gasteiger charge is -2.27. The second-order valence-corrected chi connectivity index (χ2v) is 16.5. The van der Waals surface area contributed by atoms with Gasteiger partial charge in [-0.1, -0.05) is 94.2 Å². The van der Waals surface area contributed by atoms with Crippen LogP contribution in [0.2, 0.25) is 0 Å². The highest BCUT2D eigenvalue weighted by atomic mass is 32.2. The SMILES string of the molecule is C=C(C)C(=O)OCCOC(=O)C(C#N)=C1Sc2c(OC(=O)CCC)c3c(c(OC(=O)CCC)c2S1)SC(=C1C(=O)N(CCCC)N(CCCC)C1=O)S3. The van der Waals surface area contributed by atoms with Gasteiger partial charge >= 0.3 is 23.9 Å². The summed E-state index contributed by atoms with van der Waals surface area (Å²) in [5.41, 5.74) is -0.192. The molecule has 0 N–H and O–H groups in total. The van der Waals surface area contributed by atoms with Crippen molar-refractivity contribution < 1.29 is 47.7 Å². The minimum Gasteiger partial charge on any atom is -0.459 e. The van der Waals surface area contributed by atoms with E-state index in [1.165, 1.54) is 16.9 Å². The van der Waals surface area contributed by atoms with Crippen molar-refractivity contribution in [3.63, 3.8) is 0 Å². The Labute approximate surface area is 325 Å². The number of esters is 4. The van der Waals surface area contributed by atoms with E-state index in [1.54, 1.807) is 0 Å². The van der Waals surface area contributed by atoms with E-state index in [4.69, 9.17) is 18.9 Å². The van der Waals surface area contributed by atoms with Crippen LogP contribution in [-0.2, 0) is 38.2 Å². The first-order chi connectivity index (χ1) is 25.4. The van der Waals surface area contributed by atoms with Gasteiger partial charge in [0.2, 0.25) is 0 Å². The molecule has 0 aliphatic carbocycles. The molecule has 284 valence electrons. The van der Waals surface area contributed by atoms with Gasteiger partial charge in [-0.25, -0.2) is 19.6 Å². The van der Waals surface area contributed by atoms with Crippen LogP contribution in [0, 0.1) is 11.3 Å². The summed E-state index contributed by atoms with van der Waals surface area (Å²) in [6.45, 7) is 12.8. The molecule has 1 fully saturated rings. The maximum absolute atomic E-state index is 13.9. The summed E-state index contributed by atoms with van der Waals surface area (Å²) >= 11 is 4.09. The highest BCUT2D eigenvalue weighted by Gasteiger charge is 2.46. The summed E-state index contributed by atoms with van der Waals surface area (Å²) < 4.78 is 22.7. The molecule has 0 unspecified atom stereocenters. The van der Waals surface area contributed by atoms with Crippen LogP contribution in [0.15, 0.2) is 51.4 Å². The van der Waals surface area contributed by atoms with Gasteiger partial charge in [-0.15, -0.1) is 0 Å². The Morgan fingerprint density at radius 3 is 1.53 bits per heavy atom. The Kier molecular flexibility index (Phi) is 15.4. The number of nitriles is 1. The molecule has 0 saturated carbocycles.